The van der Waals surface area contributed by atoms with Crippen molar-refractivity contribution >= 4 is 17.8 Å². The van der Waals surface area contributed by atoms with Gasteiger partial charge >= 0.3 is 0 Å². The van der Waals surface area contributed by atoms with Gasteiger partial charge in [0.05, 0.1) is 5.69 Å². The highest BCUT2D eigenvalue weighted by Gasteiger charge is 2.21. The van der Waals surface area contributed by atoms with Crippen LogP contribution in [0.4, 0.5) is 5.69 Å². The lowest BCUT2D eigenvalue weighted by atomic mass is 9.94. The molecule has 2 aromatic rings. The fraction of sp³-hybridized carbons (Fsp3) is 0.222. The minimum Gasteiger partial charge on any atom is -0.324 e. The molecule has 3 heteroatoms. The molecule has 0 fully saturated rings. The maximum absolute atomic E-state index is 12.1. The molecule has 1 heterocycles. The van der Waals surface area contributed by atoms with Crippen molar-refractivity contribution < 1.29 is 4.79 Å². The third-order valence-corrected chi connectivity index (χ3v) is 3.85. The summed E-state index contributed by atoms with van der Waals surface area (Å²) in [6.45, 7) is 4.06. The van der Waals surface area contributed by atoms with E-state index in [0.717, 1.165) is 22.4 Å². The van der Waals surface area contributed by atoms with E-state index in [2.05, 4.69) is 29.4 Å². The average molecular weight is 278 g/mol. The molecule has 1 atom stereocenters. The van der Waals surface area contributed by atoms with E-state index in [-0.39, 0.29) is 11.9 Å². The minimum absolute atomic E-state index is 0.0321. The molecule has 0 bridgehead atoms. The Labute approximate surface area is 124 Å². The van der Waals surface area contributed by atoms with Crippen LogP contribution in [-0.4, -0.2) is 18.2 Å². The van der Waals surface area contributed by atoms with Crippen molar-refractivity contribution in [1.82, 2.24) is 0 Å². The summed E-state index contributed by atoms with van der Waals surface area (Å²) < 4.78 is 0. The Morgan fingerprint density at radius 3 is 2.62 bits per heavy atom. The third kappa shape index (κ3) is 2.47. The number of hydrogen-bond acceptors (Lipinski definition) is 2. The Balaban J connectivity index is 2.20. The van der Waals surface area contributed by atoms with Crippen LogP contribution in [-0.2, 0) is 4.79 Å². The molecule has 1 aliphatic heterocycles. The smallest absolute Gasteiger partial charge is 0.249 e. The highest BCUT2D eigenvalue weighted by molar-refractivity contribution is 6.07. The third-order valence-electron chi connectivity index (χ3n) is 3.85. The Morgan fingerprint density at radius 1 is 1.14 bits per heavy atom. The van der Waals surface area contributed by atoms with Gasteiger partial charge in [0.1, 0.15) is 6.04 Å². The van der Waals surface area contributed by atoms with Gasteiger partial charge in [-0.3, -0.25) is 9.79 Å². The number of carbonyl (C=O) groups is 1. The second kappa shape index (κ2) is 5.52. The van der Waals surface area contributed by atoms with Crippen LogP contribution >= 0.6 is 0 Å². The first-order valence-corrected chi connectivity index (χ1v) is 7.23. The summed E-state index contributed by atoms with van der Waals surface area (Å²) in [5, 5.41) is 3.00. The first-order valence-electron chi connectivity index (χ1n) is 7.23. The zero-order chi connectivity index (χ0) is 14.8. The molecule has 1 unspecified atom stereocenters. The van der Waals surface area contributed by atoms with E-state index in [1.807, 2.05) is 43.5 Å². The highest BCUT2D eigenvalue weighted by atomic mass is 16.2. The molecule has 0 radical (unpaired) electrons. The van der Waals surface area contributed by atoms with Crippen LogP contribution in [0.1, 0.15) is 24.5 Å². The largest absolute Gasteiger partial charge is 0.324 e. The first kappa shape index (κ1) is 13.6. The van der Waals surface area contributed by atoms with Gasteiger partial charge in [0, 0.05) is 11.8 Å². The first-order chi connectivity index (χ1) is 10.2. The van der Waals surface area contributed by atoms with Crippen LogP contribution in [0.15, 0.2) is 47.5 Å². The number of fused-ring (bicyclic) bond motifs is 1. The van der Waals surface area contributed by atoms with Crippen molar-refractivity contribution in [3.63, 3.8) is 0 Å². The Kier molecular flexibility index (Phi) is 3.57. The van der Waals surface area contributed by atoms with Crippen LogP contribution in [0.2, 0.25) is 0 Å². The second-order valence-corrected chi connectivity index (χ2v) is 5.28. The zero-order valence-electron chi connectivity index (χ0n) is 12.3. The number of hydrogen-bond donors (Lipinski definition) is 1. The molecule has 1 amide bonds. The second-order valence-electron chi connectivity index (χ2n) is 5.28. The van der Waals surface area contributed by atoms with Crippen LogP contribution in [0, 0.1) is 6.92 Å². The van der Waals surface area contributed by atoms with Gasteiger partial charge in [-0.05, 0) is 36.1 Å². The quantitative estimate of drug-likeness (QED) is 0.891. The SMILES string of the molecule is CCC1N=Cc2c(ccc(C)c2-c2ccccc2)NC1=O. The van der Waals surface area contributed by atoms with E-state index in [4.69, 9.17) is 0 Å². The molecule has 21 heavy (non-hydrogen) atoms. The van der Waals surface area contributed by atoms with Crippen LogP contribution in [0.25, 0.3) is 11.1 Å². The number of anilines is 1. The van der Waals surface area contributed by atoms with Crippen LogP contribution in [0.5, 0.6) is 0 Å². The molecule has 2 aromatic carbocycles. The number of nitrogens with zero attached hydrogens (tertiary/aromatic N) is 1. The molecule has 3 rings (SSSR count). The van der Waals surface area contributed by atoms with Gasteiger partial charge in [0.25, 0.3) is 0 Å². The van der Waals surface area contributed by atoms with E-state index in [1.54, 1.807) is 0 Å². The molecule has 1 aliphatic rings. The lowest BCUT2D eigenvalue weighted by Crippen LogP contribution is -2.24. The molecule has 0 spiro atoms. The summed E-state index contributed by atoms with van der Waals surface area (Å²) in [4.78, 5) is 16.6. The molecule has 0 saturated carbocycles. The minimum atomic E-state index is -0.304. The van der Waals surface area contributed by atoms with Crippen LogP contribution in [0.3, 0.4) is 0 Å². The van der Waals surface area contributed by atoms with E-state index in [0.29, 0.717) is 6.42 Å². The van der Waals surface area contributed by atoms with Crippen LogP contribution < -0.4 is 5.32 Å². The lowest BCUT2D eigenvalue weighted by Gasteiger charge is -2.14. The van der Waals surface area contributed by atoms with Crippen molar-refractivity contribution in [1.29, 1.82) is 0 Å². The van der Waals surface area contributed by atoms with E-state index in [1.165, 1.54) is 5.56 Å². The van der Waals surface area contributed by atoms with E-state index < -0.39 is 0 Å². The van der Waals surface area contributed by atoms with Gasteiger partial charge in [-0.25, -0.2) is 0 Å². The number of benzodiazepines with no additional fused rings is 1. The number of nitrogens with one attached hydrogen (secondary N) is 1. The van der Waals surface area contributed by atoms with E-state index in [9.17, 15) is 4.79 Å². The number of aliphatic imine (C=N–C) groups is 1. The maximum Gasteiger partial charge on any atom is 0.249 e. The number of amides is 1. The van der Waals surface area contributed by atoms with Crippen molar-refractivity contribution in [3.05, 3.63) is 53.6 Å². The summed E-state index contributed by atoms with van der Waals surface area (Å²) in [5.74, 6) is -0.0321. The van der Waals surface area contributed by atoms with Gasteiger partial charge in [0.15, 0.2) is 0 Å². The summed E-state index contributed by atoms with van der Waals surface area (Å²) in [6.07, 6.45) is 2.55. The number of rotatable bonds is 2. The topological polar surface area (TPSA) is 41.5 Å². The van der Waals surface area contributed by atoms with Crippen molar-refractivity contribution in [2.45, 2.75) is 26.3 Å². The highest BCUT2D eigenvalue weighted by Crippen LogP contribution is 2.32. The van der Waals surface area contributed by atoms with Crippen molar-refractivity contribution in [2.24, 2.45) is 4.99 Å². The monoisotopic (exact) mass is 278 g/mol. The summed E-state index contributed by atoms with van der Waals surface area (Å²) >= 11 is 0. The number of aryl methyl sites for hydroxylation is 1. The standard InChI is InChI=1S/C18H18N2O/c1-3-15-18(21)20-16-10-9-12(2)17(14(16)11-19-15)13-7-5-4-6-8-13/h4-11,15H,3H2,1-2H3,(H,20,21). The van der Waals surface area contributed by atoms with E-state index >= 15 is 0 Å². The molecular weight excluding hydrogens is 260 g/mol. The van der Waals surface area contributed by atoms with Crippen molar-refractivity contribution in [3.8, 4) is 11.1 Å². The normalized spacial score (nSPS) is 17.0. The number of carbonyl (C=O) groups excluding carboxylic acids is 1. The van der Waals surface area contributed by atoms with Gasteiger partial charge < -0.3 is 5.32 Å². The van der Waals surface area contributed by atoms with Gasteiger partial charge in [0.2, 0.25) is 5.91 Å². The molecule has 0 aliphatic carbocycles. The van der Waals surface area contributed by atoms with Crippen molar-refractivity contribution in [2.75, 3.05) is 5.32 Å². The molecule has 3 nitrogen and oxygen atoms in total. The molecule has 106 valence electrons. The predicted octanol–water partition coefficient (Wildman–Crippen LogP) is 3.81. The Bertz CT molecular complexity index is 705. The Morgan fingerprint density at radius 2 is 1.90 bits per heavy atom. The number of benzene rings is 2. The fourth-order valence-corrected chi connectivity index (χ4v) is 2.70. The molecule has 0 aromatic heterocycles. The molecule has 0 saturated heterocycles. The lowest BCUT2D eigenvalue weighted by molar-refractivity contribution is -0.117. The molecular formula is C18H18N2O. The van der Waals surface area contributed by atoms with Gasteiger partial charge in [-0.15, -0.1) is 0 Å². The summed E-state index contributed by atoms with van der Waals surface area (Å²) in [6, 6.07) is 13.9. The Hall–Kier alpha value is -2.42. The predicted molar refractivity (Wildman–Crippen MR) is 86.9 cm³/mol. The zero-order valence-corrected chi connectivity index (χ0v) is 12.3. The maximum atomic E-state index is 12.1. The molecule has 1 N–H and O–H groups in total. The average Bonchev–Trinajstić information content (AvgIpc) is 2.66. The van der Waals surface area contributed by atoms with Gasteiger partial charge in [-0.1, -0.05) is 43.3 Å². The van der Waals surface area contributed by atoms with Gasteiger partial charge in [-0.2, -0.15) is 0 Å². The fourth-order valence-electron chi connectivity index (χ4n) is 2.70. The summed E-state index contributed by atoms with van der Waals surface area (Å²) in [7, 11) is 0. The summed E-state index contributed by atoms with van der Waals surface area (Å²) in [5.41, 5.74) is 5.28.